The third kappa shape index (κ3) is 4.26. The molecular formula is C27H30O4. The van der Waals surface area contributed by atoms with E-state index in [1.807, 2.05) is 18.2 Å². The van der Waals surface area contributed by atoms with Crippen molar-refractivity contribution in [1.29, 1.82) is 0 Å². The van der Waals surface area contributed by atoms with Crippen molar-refractivity contribution in [2.24, 2.45) is 5.92 Å². The molecule has 31 heavy (non-hydrogen) atoms. The molecule has 4 nitrogen and oxygen atoms in total. The summed E-state index contributed by atoms with van der Waals surface area (Å²) in [5.41, 5.74) is 1.70. The second kappa shape index (κ2) is 8.86. The smallest absolute Gasteiger partial charge is 0.147 e. The van der Waals surface area contributed by atoms with Gasteiger partial charge in [-0.1, -0.05) is 38.2 Å². The van der Waals surface area contributed by atoms with Crippen LogP contribution in [-0.4, -0.2) is 18.2 Å². The highest BCUT2D eigenvalue weighted by Gasteiger charge is 2.31. The zero-order valence-corrected chi connectivity index (χ0v) is 18.0. The predicted octanol–water partition coefficient (Wildman–Crippen LogP) is 6.73. The van der Waals surface area contributed by atoms with Crippen LogP contribution < -0.4 is 4.74 Å². The van der Waals surface area contributed by atoms with Crippen molar-refractivity contribution in [3.8, 4) is 5.75 Å². The molecule has 0 radical (unpaired) electrons. The van der Waals surface area contributed by atoms with Gasteiger partial charge in [0, 0.05) is 23.3 Å². The molecule has 0 bridgehead atoms. The van der Waals surface area contributed by atoms with Gasteiger partial charge in [0.25, 0.3) is 0 Å². The number of Topliss-reactive ketones (excluding diaryl/α,β-unsaturated/α-hetero) is 2. The van der Waals surface area contributed by atoms with E-state index in [9.17, 15) is 9.59 Å². The zero-order valence-electron chi connectivity index (χ0n) is 18.0. The Morgan fingerprint density at radius 1 is 1.00 bits per heavy atom. The van der Waals surface area contributed by atoms with Crippen LogP contribution in [0.15, 0.2) is 41.0 Å². The fraction of sp³-hybridized carbons (Fsp3) is 0.481. The van der Waals surface area contributed by atoms with Gasteiger partial charge in [0.1, 0.15) is 22.9 Å². The van der Waals surface area contributed by atoms with Gasteiger partial charge in [0.2, 0.25) is 0 Å². The summed E-state index contributed by atoms with van der Waals surface area (Å²) < 4.78 is 11.8. The van der Waals surface area contributed by atoms with Crippen LogP contribution in [0.25, 0.3) is 21.7 Å². The molecule has 0 spiro atoms. The van der Waals surface area contributed by atoms with Gasteiger partial charge in [-0.3, -0.25) is 9.59 Å². The van der Waals surface area contributed by atoms with Crippen molar-refractivity contribution in [3.63, 3.8) is 0 Å². The maximum absolute atomic E-state index is 12.5. The first-order valence-electron chi connectivity index (χ1n) is 11.8. The van der Waals surface area contributed by atoms with Crippen molar-refractivity contribution in [2.45, 2.75) is 70.1 Å². The van der Waals surface area contributed by atoms with Crippen molar-refractivity contribution in [3.05, 3.63) is 42.2 Å². The molecule has 4 heteroatoms. The number of hydrogen-bond acceptors (Lipinski definition) is 4. The Bertz CT molecular complexity index is 1100. The van der Waals surface area contributed by atoms with Gasteiger partial charge in [0.05, 0.1) is 19.3 Å². The van der Waals surface area contributed by atoms with Crippen LogP contribution in [0, 0.1) is 5.92 Å². The highest BCUT2D eigenvalue weighted by molar-refractivity contribution is 6.11. The van der Waals surface area contributed by atoms with E-state index in [0.29, 0.717) is 12.8 Å². The fourth-order valence-corrected chi connectivity index (χ4v) is 5.45. The van der Waals surface area contributed by atoms with Crippen LogP contribution in [0.3, 0.4) is 0 Å². The molecule has 2 fully saturated rings. The number of rotatable bonds is 6. The summed E-state index contributed by atoms with van der Waals surface area (Å²) in [6.45, 7) is 0.756. The molecule has 0 aliphatic heterocycles. The van der Waals surface area contributed by atoms with E-state index in [-0.39, 0.29) is 23.9 Å². The first kappa shape index (κ1) is 20.3. The van der Waals surface area contributed by atoms with Crippen molar-refractivity contribution >= 4 is 33.3 Å². The molecule has 1 atom stereocenters. The number of furan rings is 1. The van der Waals surface area contributed by atoms with Crippen LogP contribution in [-0.2, 0) is 9.59 Å². The van der Waals surface area contributed by atoms with Gasteiger partial charge in [-0.25, -0.2) is 0 Å². The molecule has 2 saturated carbocycles. The average Bonchev–Trinajstić information content (AvgIpc) is 3.21. The van der Waals surface area contributed by atoms with Crippen molar-refractivity contribution in [1.82, 2.24) is 0 Å². The van der Waals surface area contributed by atoms with Crippen molar-refractivity contribution in [2.75, 3.05) is 6.61 Å². The summed E-state index contributed by atoms with van der Waals surface area (Å²) in [4.78, 5) is 24.2. The Labute approximate surface area is 182 Å². The lowest BCUT2D eigenvalue weighted by molar-refractivity contribution is -0.130. The first-order valence-corrected chi connectivity index (χ1v) is 11.8. The van der Waals surface area contributed by atoms with Gasteiger partial charge in [0.15, 0.2) is 0 Å². The number of ketones is 2. The van der Waals surface area contributed by atoms with Gasteiger partial charge >= 0.3 is 0 Å². The maximum atomic E-state index is 12.5. The second-order valence-electron chi connectivity index (χ2n) is 9.28. The highest BCUT2D eigenvalue weighted by Crippen LogP contribution is 2.39. The molecule has 0 amide bonds. The standard InChI is InChI=1S/C27H30O4/c28-20-9-11-23(25(29)16-20)24-17-31-26-13-8-19-15-21(10-12-22(19)27(24)26)30-14-4-7-18-5-2-1-3-6-18/h8,10,12-13,15,17-18,23H,1-7,9,11,14,16H2/t23-/m0/s1. The van der Waals surface area contributed by atoms with Crippen LogP contribution in [0.1, 0.15) is 75.7 Å². The topological polar surface area (TPSA) is 56.5 Å². The summed E-state index contributed by atoms with van der Waals surface area (Å²) in [6, 6.07) is 10.2. The summed E-state index contributed by atoms with van der Waals surface area (Å²) in [7, 11) is 0. The molecule has 0 saturated heterocycles. The molecule has 1 heterocycles. The Balaban J connectivity index is 1.33. The molecule has 2 aromatic carbocycles. The lowest BCUT2D eigenvalue weighted by Crippen LogP contribution is -2.22. The largest absolute Gasteiger partial charge is 0.494 e. The predicted molar refractivity (Wildman–Crippen MR) is 122 cm³/mol. The number of hydrogen-bond donors (Lipinski definition) is 0. The SMILES string of the molecule is O=C1CC[C@@H](c2coc3ccc4cc(OCCCC5CCCCC5)ccc4c23)C(=O)C1. The van der Waals surface area contributed by atoms with Crippen LogP contribution in [0.2, 0.25) is 0 Å². The first-order chi connectivity index (χ1) is 15.2. The lowest BCUT2D eigenvalue weighted by Gasteiger charge is -2.21. The number of carbonyl (C=O) groups is 2. The molecule has 162 valence electrons. The third-order valence-corrected chi connectivity index (χ3v) is 7.15. The number of ether oxygens (including phenoxy) is 1. The minimum Gasteiger partial charge on any atom is -0.494 e. The van der Waals surface area contributed by atoms with Crippen molar-refractivity contribution < 1.29 is 18.7 Å². The number of benzene rings is 2. The maximum Gasteiger partial charge on any atom is 0.147 e. The Kier molecular flexibility index (Phi) is 5.80. The molecule has 1 aromatic heterocycles. The molecule has 2 aliphatic carbocycles. The molecule has 0 N–H and O–H groups in total. The number of carbonyl (C=O) groups excluding carboxylic acids is 2. The third-order valence-electron chi connectivity index (χ3n) is 7.15. The quantitative estimate of drug-likeness (QED) is 0.329. The summed E-state index contributed by atoms with van der Waals surface area (Å²) >= 11 is 0. The van der Waals surface area contributed by atoms with E-state index in [1.165, 1.54) is 38.5 Å². The lowest BCUT2D eigenvalue weighted by atomic mass is 9.81. The second-order valence-corrected chi connectivity index (χ2v) is 9.28. The summed E-state index contributed by atoms with van der Waals surface area (Å²) in [5, 5.41) is 3.15. The summed E-state index contributed by atoms with van der Waals surface area (Å²) in [5.74, 6) is 1.58. The van der Waals surface area contributed by atoms with Gasteiger partial charge in [-0.05, 0) is 60.2 Å². The van der Waals surface area contributed by atoms with E-state index in [4.69, 9.17) is 9.15 Å². The van der Waals surface area contributed by atoms with E-state index in [2.05, 4.69) is 12.1 Å². The number of fused-ring (bicyclic) bond motifs is 3. The fourth-order valence-electron chi connectivity index (χ4n) is 5.45. The monoisotopic (exact) mass is 418 g/mol. The Hall–Kier alpha value is -2.62. The Morgan fingerprint density at radius 2 is 1.87 bits per heavy atom. The highest BCUT2D eigenvalue weighted by atomic mass is 16.5. The van der Waals surface area contributed by atoms with Gasteiger partial charge in [-0.15, -0.1) is 0 Å². The van der Waals surface area contributed by atoms with Gasteiger partial charge in [-0.2, -0.15) is 0 Å². The average molecular weight is 419 g/mol. The molecule has 5 rings (SSSR count). The zero-order chi connectivity index (χ0) is 21.2. The van der Waals surface area contributed by atoms with E-state index < -0.39 is 0 Å². The molecule has 2 aliphatic rings. The van der Waals surface area contributed by atoms with E-state index >= 15 is 0 Å². The Morgan fingerprint density at radius 3 is 2.71 bits per heavy atom. The van der Waals surface area contributed by atoms with Crippen LogP contribution in [0.5, 0.6) is 5.75 Å². The van der Waals surface area contributed by atoms with E-state index in [1.54, 1.807) is 6.26 Å². The van der Waals surface area contributed by atoms with E-state index in [0.717, 1.165) is 52.0 Å². The molecular weight excluding hydrogens is 388 g/mol. The van der Waals surface area contributed by atoms with Crippen LogP contribution >= 0.6 is 0 Å². The van der Waals surface area contributed by atoms with Crippen LogP contribution in [0.4, 0.5) is 0 Å². The van der Waals surface area contributed by atoms with Gasteiger partial charge < -0.3 is 9.15 Å². The molecule has 0 unspecified atom stereocenters. The minimum absolute atomic E-state index is 0.00822. The molecule has 3 aromatic rings. The summed E-state index contributed by atoms with van der Waals surface area (Å²) in [6.07, 6.45) is 12.1. The minimum atomic E-state index is -0.250. The normalized spacial score (nSPS) is 20.6.